The first kappa shape index (κ1) is 12.6. The van der Waals surface area contributed by atoms with Gasteiger partial charge in [-0.15, -0.1) is 0 Å². The summed E-state index contributed by atoms with van der Waals surface area (Å²) in [5, 5.41) is 0. The molecule has 0 atom stereocenters. The number of ketones is 1. The number of para-hydroxylation sites is 1. The molecule has 0 spiro atoms. The predicted molar refractivity (Wildman–Crippen MR) is 72.3 cm³/mol. The fraction of sp³-hybridized carbons (Fsp3) is 0.267. The first-order valence-electron chi connectivity index (χ1n) is 6.45. The minimum absolute atomic E-state index is 0.176. The van der Waals surface area contributed by atoms with Gasteiger partial charge in [-0.1, -0.05) is 12.1 Å². The van der Waals surface area contributed by atoms with Crippen LogP contribution in [0.2, 0.25) is 0 Å². The maximum Gasteiger partial charge on any atom is 0.216 e. The predicted octanol–water partition coefficient (Wildman–Crippen LogP) is 2.04. The molecule has 0 saturated carbocycles. The fourth-order valence-corrected chi connectivity index (χ4v) is 2.28. The molecular formula is C15H14N2O3. The molecule has 0 radical (unpaired) electrons. The highest BCUT2D eigenvalue weighted by molar-refractivity contribution is 6.09. The molecule has 20 heavy (non-hydrogen) atoms. The van der Waals surface area contributed by atoms with Crippen LogP contribution in [-0.4, -0.2) is 29.5 Å². The van der Waals surface area contributed by atoms with Crippen molar-refractivity contribution in [3.05, 3.63) is 47.4 Å². The van der Waals surface area contributed by atoms with Crippen molar-refractivity contribution in [1.29, 1.82) is 0 Å². The first-order chi connectivity index (χ1) is 9.79. The summed E-state index contributed by atoms with van der Waals surface area (Å²) in [6, 6.07) is 7.16. The van der Waals surface area contributed by atoms with Gasteiger partial charge in [-0.3, -0.25) is 4.79 Å². The SMILES string of the molecule is COc1cc(C(=O)c2cccc3c2OCCC3)ncn1. The molecule has 0 saturated heterocycles. The van der Waals surface area contributed by atoms with E-state index in [2.05, 4.69) is 9.97 Å². The minimum atomic E-state index is -0.176. The Bertz CT molecular complexity index is 655. The molecule has 1 aromatic carbocycles. The Balaban J connectivity index is 2.02. The van der Waals surface area contributed by atoms with Gasteiger partial charge in [0.05, 0.1) is 19.3 Å². The van der Waals surface area contributed by atoms with E-state index < -0.39 is 0 Å². The van der Waals surface area contributed by atoms with Gasteiger partial charge in [-0.25, -0.2) is 9.97 Å². The van der Waals surface area contributed by atoms with Gasteiger partial charge in [0.2, 0.25) is 11.7 Å². The Hall–Kier alpha value is -2.43. The molecule has 0 fully saturated rings. The molecular weight excluding hydrogens is 256 g/mol. The lowest BCUT2D eigenvalue weighted by molar-refractivity contribution is 0.102. The molecule has 0 amide bonds. The Kier molecular flexibility index (Phi) is 3.33. The van der Waals surface area contributed by atoms with Gasteiger partial charge in [-0.05, 0) is 24.5 Å². The van der Waals surface area contributed by atoms with E-state index in [1.807, 2.05) is 12.1 Å². The zero-order valence-corrected chi connectivity index (χ0v) is 11.1. The van der Waals surface area contributed by atoms with E-state index in [0.29, 0.717) is 29.5 Å². The highest BCUT2D eigenvalue weighted by atomic mass is 16.5. The highest BCUT2D eigenvalue weighted by Crippen LogP contribution is 2.30. The number of carbonyl (C=O) groups is 1. The molecule has 5 nitrogen and oxygen atoms in total. The lowest BCUT2D eigenvalue weighted by Crippen LogP contribution is -2.14. The molecule has 3 rings (SSSR count). The van der Waals surface area contributed by atoms with Crippen LogP contribution in [0.3, 0.4) is 0 Å². The van der Waals surface area contributed by atoms with E-state index in [9.17, 15) is 4.79 Å². The molecule has 2 aromatic rings. The molecule has 0 N–H and O–H groups in total. The van der Waals surface area contributed by atoms with E-state index >= 15 is 0 Å². The summed E-state index contributed by atoms with van der Waals surface area (Å²) in [7, 11) is 1.50. The van der Waals surface area contributed by atoms with E-state index in [1.165, 1.54) is 19.5 Å². The molecule has 0 bridgehead atoms. The summed E-state index contributed by atoms with van der Waals surface area (Å²) >= 11 is 0. The van der Waals surface area contributed by atoms with Crippen LogP contribution < -0.4 is 9.47 Å². The quantitative estimate of drug-likeness (QED) is 0.799. The molecule has 0 unspecified atom stereocenters. The van der Waals surface area contributed by atoms with Crippen LogP contribution in [0.25, 0.3) is 0 Å². The van der Waals surface area contributed by atoms with Crippen LogP contribution in [-0.2, 0) is 6.42 Å². The van der Waals surface area contributed by atoms with Crippen molar-refractivity contribution in [1.82, 2.24) is 9.97 Å². The first-order valence-corrected chi connectivity index (χ1v) is 6.45. The van der Waals surface area contributed by atoms with Crippen LogP contribution in [0.1, 0.15) is 28.0 Å². The van der Waals surface area contributed by atoms with E-state index in [1.54, 1.807) is 6.07 Å². The number of fused-ring (bicyclic) bond motifs is 1. The van der Waals surface area contributed by atoms with E-state index in [-0.39, 0.29) is 5.78 Å². The Labute approximate surface area is 116 Å². The normalized spacial score (nSPS) is 13.2. The number of nitrogens with zero attached hydrogens (tertiary/aromatic N) is 2. The zero-order valence-electron chi connectivity index (χ0n) is 11.1. The Morgan fingerprint density at radius 3 is 3.10 bits per heavy atom. The number of benzene rings is 1. The molecule has 1 aliphatic heterocycles. The summed E-state index contributed by atoms with van der Waals surface area (Å²) in [5.41, 5.74) is 1.92. The second kappa shape index (κ2) is 5.28. The van der Waals surface area contributed by atoms with Crippen molar-refractivity contribution in [3.8, 4) is 11.6 Å². The Morgan fingerprint density at radius 2 is 2.25 bits per heavy atom. The summed E-state index contributed by atoms with van der Waals surface area (Å²) in [6.45, 7) is 0.643. The monoisotopic (exact) mass is 270 g/mol. The number of hydrogen-bond acceptors (Lipinski definition) is 5. The maximum atomic E-state index is 12.6. The fourth-order valence-electron chi connectivity index (χ4n) is 2.28. The lowest BCUT2D eigenvalue weighted by atomic mass is 9.99. The van der Waals surface area contributed by atoms with Gasteiger partial charge in [0.1, 0.15) is 17.8 Å². The summed E-state index contributed by atoms with van der Waals surface area (Å²) in [5.74, 6) is 0.875. The van der Waals surface area contributed by atoms with E-state index in [4.69, 9.17) is 9.47 Å². The molecule has 102 valence electrons. The van der Waals surface area contributed by atoms with Crippen LogP contribution in [0.15, 0.2) is 30.6 Å². The van der Waals surface area contributed by atoms with Crippen molar-refractivity contribution in [2.45, 2.75) is 12.8 Å². The highest BCUT2D eigenvalue weighted by Gasteiger charge is 2.21. The van der Waals surface area contributed by atoms with Crippen LogP contribution in [0.5, 0.6) is 11.6 Å². The van der Waals surface area contributed by atoms with Crippen molar-refractivity contribution in [3.63, 3.8) is 0 Å². The van der Waals surface area contributed by atoms with E-state index in [0.717, 1.165) is 18.4 Å². The number of methoxy groups -OCH3 is 1. The lowest BCUT2D eigenvalue weighted by Gasteiger charge is -2.19. The minimum Gasteiger partial charge on any atom is -0.493 e. The third-order valence-electron chi connectivity index (χ3n) is 3.26. The van der Waals surface area contributed by atoms with Crippen LogP contribution in [0.4, 0.5) is 0 Å². The summed E-state index contributed by atoms with van der Waals surface area (Å²) < 4.78 is 10.7. The number of hydrogen-bond donors (Lipinski definition) is 0. The standard InChI is InChI=1S/C15H14N2O3/c1-19-13-8-12(16-9-17-13)14(18)11-6-2-4-10-5-3-7-20-15(10)11/h2,4,6,8-9H,3,5,7H2,1H3. The number of ether oxygens (including phenoxy) is 2. The Morgan fingerprint density at radius 1 is 1.35 bits per heavy atom. The van der Waals surface area contributed by atoms with Gasteiger partial charge in [0.15, 0.2) is 0 Å². The second-order valence-electron chi connectivity index (χ2n) is 4.52. The van der Waals surface area contributed by atoms with Crippen LogP contribution in [0, 0.1) is 0 Å². The van der Waals surface area contributed by atoms with Crippen molar-refractivity contribution in [2.24, 2.45) is 0 Å². The topological polar surface area (TPSA) is 61.3 Å². The zero-order chi connectivity index (χ0) is 13.9. The van der Waals surface area contributed by atoms with Crippen LogP contribution >= 0.6 is 0 Å². The van der Waals surface area contributed by atoms with Crippen molar-refractivity contribution >= 4 is 5.78 Å². The molecule has 1 aliphatic rings. The molecule has 2 heterocycles. The molecule has 0 aliphatic carbocycles. The third-order valence-corrected chi connectivity index (χ3v) is 3.26. The number of carbonyl (C=O) groups excluding carboxylic acids is 1. The van der Waals surface area contributed by atoms with Gasteiger partial charge in [0.25, 0.3) is 0 Å². The van der Waals surface area contributed by atoms with Crippen molar-refractivity contribution in [2.75, 3.05) is 13.7 Å². The number of rotatable bonds is 3. The average Bonchev–Trinajstić information content (AvgIpc) is 2.53. The molecule has 1 aromatic heterocycles. The third kappa shape index (κ3) is 2.22. The largest absolute Gasteiger partial charge is 0.493 e. The molecule has 5 heteroatoms. The number of aryl methyl sites for hydroxylation is 1. The smallest absolute Gasteiger partial charge is 0.216 e. The summed E-state index contributed by atoms with van der Waals surface area (Å²) in [4.78, 5) is 20.5. The van der Waals surface area contributed by atoms with Gasteiger partial charge in [0, 0.05) is 6.07 Å². The number of aromatic nitrogens is 2. The van der Waals surface area contributed by atoms with Gasteiger partial charge >= 0.3 is 0 Å². The second-order valence-corrected chi connectivity index (χ2v) is 4.52. The van der Waals surface area contributed by atoms with Gasteiger partial charge < -0.3 is 9.47 Å². The van der Waals surface area contributed by atoms with Gasteiger partial charge in [-0.2, -0.15) is 0 Å². The average molecular weight is 270 g/mol. The summed E-state index contributed by atoms with van der Waals surface area (Å²) in [6.07, 6.45) is 3.23. The maximum absolute atomic E-state index is 12.6. The van der Waals surface area contributed by atoms with Crippen molar-refractivity contribution < 1.29 is 14.3 Å².